The minimum atomic E-state index is -0.189. The van der Waals surface area contributed by atoms with Crippen molar-refractivity contribution in [1.29, 1.82) is 0 Å². The van der Waals surface area contributed by atoms with Gasteiger partial charge in [-0.05, 0) is 6.07 Å². The van der Waals surface area contributed by atoms with E-state index in [4.69, 9.17) is 33.7 Å². The van der Waals surface area contributed by atoms with E-state index < -0.39 is 0 Å². The van der Waals surface area contributed by atoms with Crippen LogP contribution in [0.5, 0.6) is 0 Å². The minimum Gasteiger partial charge on any atom is -0.383 e. The van der Waals surface area contributed by atoms with Crippen LogP contribution in [0.2, 0.25) is 8.67 Å². The van der Waals surface area contributed by atoms with Gasteiger partial charge in [-0.15, -0.1) is 11.3 Å². The summed E-state index contributed by atoms with van der Waals surface area (Å²) in [6, 6.07) is 1.59. The Labute approximate surface area is 85.2 Å². The van der Waals surface area contributed by atoms with E-state index >= 15 is 0 Å². The molecule has 1 aromatic heterocycles. The highest BCUT2D eigenvalue weighted by molar-refractivity contribution is 7.20. The summed E-state index contributed by atoms with van der Waals surface area (Å²) in [5.74, 6) is 0. The highest BCUT2D eigenvalue weighted by Gasteiger charge is 2.12. The molecule has 1 unspecified atom stereocenters. The Kier molecular flexibility index (Phi) is 3.80. The summed E-state index contributed by atoms with van der Waals surface area (Å²) in [5.41, 5.74) is 6.61. The average Bonchev–Trinajstić information content (AvgIpc) is 2.30. The van der Waals surface area contributed by atoms with Gasteiger partial charge in [-0.25, -0.2) is 0 Å². The molecule has 1 rings (SSSR count). The molecule has 1 atom stereocenters. The Bertz CT molecular complexity index is 264. The zero-order valence-corrected chi connectivity index (χ0v) is 8.84. The van der Waals surface area contributed by atoms with Crippen LogP contribution in [-0.2, 0) is 4.74 Å². The van der Waals surface area contributed by atoms with Gasteiger partial charge >= 0.3 is 0 Å². The fourth-order valence-corrected chi connectivity index (χ4v) is 2.47. The van der Waals surface area contributed by atoms with Gasteiger partial charge in [0.15, 0.2) is 0 Å². The highest BCUT2D eigenvalue weighted by Crippen LogP contribution is 2.34. The second kappa shape index (κ2) is 4.44. The number of methoxy groups -OCH3 is 1. The van der Waals surface area contributed by atoms with Gasteiger partial charge in [0.2, 0.25) is 0 Å². The molecule has 2 N–H and O–H groups in total. The van der Waals surface area contributed by atoms with Gasteiger partial charge in [0, 0.05) is 12.7 Å². The zero-order chi connectivity index (χ0) is 9.14. The molecule has 5 heteroatoms. The summed E-state index contributed by atoms with van der Waals surface area (Å²) < 4.78 is 6.20. The smallest absolute Gasteiger partial charge is 0.0992 e. The summed E-state index contributed by atoms with van der Waals surface area (Å²) >= 11 is 12.9. The highest BCUT2D eigenvalue weighted by atomic mass is 35.5. The van der Waals surface area contributed by atoms with E-state index in [0.717, 1.165) is 5.56 Å². The lowest BCUT2D eigenvalue weighted by Crippen LogP contribution is -2.15. The molecule has 0 aliphatic heterocycles. The summed E-state index contributed by atoms with van der Waals surface area (Å²) in [6.07, 6.45) is 0. The van der Waals surface area contributed by atoms with Crippen LogP contribution in [0.4, 0.5) is 0 Å². The molecule has 0 spiro atoms. The van der Waals surface area contributed by atoms with Crippen molar-refractivity contribution in [1.82, 2.24) is 0 Å². The maximum Gasteiger partial charge on any atom is 0.0992 e. The molecular weight excluding hydrogens is 217 g/mol. The first kappa shape index (κ1) is 10.3. The number of thiophene rings is 1. The second-order valence-corrected chi connectivity index (χ2v) is 4.63. The third kappa shape index (κ3) is 2.34. The molecule has 0 radical (unpaired) electrons. The minimum absolute atomic E-state index is 0.189. The first-order valence-corrected chi connectivity index (χ1v) is 4.91. The monoisotopic (exact) mass is 225 g/mol. The van der Waals surface area contributed by atoms with Crippen LogP contribution >= 0.6 is 34.5 Å². The van der Waals surface area contributed by atoms with Gasteiger partial charge < -0.3 is 10.5 Å². The van der Waals surface area contributed by atoms with Gasteiger partial charge in [-0.1, -0.05) is 23.2 Å². The Morgan fingerprint density at radius 3 is 2.75 bits per heavy atom. The molecule has 0 saturated carbocycles. The van der Waals surface area contributed by atoms with E-state index in [0.29, 0.717) is 15.3 Å². The quantitative estimate of drug-likeness (QED) is 0.859. The Morgan fingerprint density at radius 2 is 2.33 bits per heavy atom. The standard InChI is InChI=1S/C7H9Cl2NOS/c1-11-3-5(10)4-2-6(8)12-7(4)9/h2,5H,3,10H2,1H3. The maximum absolute atomic E-state index is 5.87. The Hall–Kier alpha value is 0.200. The fourth-order valence-electron chi connectivity index (χ4n) is 0.875. The van der Waals surface area contributed by atoms with E-state index in [1.54, 1.807) is 13.2 Å². The summed E-state index contributed by atoms with van der Waals surface area (Å²) in [5, 5.41) is 0. The molecular formula is C7H9Cl2NOS. The van der Waals surface area contributed by atoms with Crippen molar-refractivity contribution in [2.24, 2.45) is 5.73 Å². The van der Waals surface area contributed by atoms with Crippen LogP contribution in [-0.4, -0.2) is 13.7 Å². The predicted molar refractivity (Wildman–Crippen MR) is 53.1 cm³/mol. The average molecular weight is 226 g/mol. The van der Waals surface area contributed by atoms with Crippen molar-refractivity contribution in [2.75, 3.05) is 13.7 Å². The lowest BCUT2D eigenvalue weighted by atomic mass is 10.2. The van der Waals surface area contributed by atoms with Crippen molar-refractivity contribution in [3.8, 4) is 0 Å². The zero-order valence-electron chi connectivity index (χ0n) is 6.51. The predicted octanol–water partition coefficient (Wildman–Crippen LogP) is 2.70. The SMILES string of the molecule is COCC(N)c1cc(Cl)sc1Cl. The third-order valence-corrected chi connectivity index (χ3v) is 2.95. The molecule has 0 aliphatic carbocycles. The van der Waals surface area contributed by atoms with Crippen molar-refractivity contribution in [2.45, 2.75) is 6.04 Å². The second-order valence-electron chi connectivity index (χ2n) is 2.34. The molecule has 12 heavy (non-hydrogen) atoms. The molecule has 1 heterocycles. The number of rotatable bonds is 3. The van der Waals surface area contributed by atoms with Crippen molar-refractivity contribution in [3.05, 3.63) is 20.3 Å². The summed E-state index contributed by atoms with van der Waals surface area (Å²) in [4.78, 5) is 0. The van der Waals surface area contributed by atoms with Gasteiger partial charge in [-0.2, -0.15) is 0 Å². The lowest BCUT2D eigenvalue weighted by molar-refractivity contribution is 0.181. The molecule has 0 fully saturated rings. The van der Waals surface area contributed by atoms with Crippen molar-refractivity contribution in [3.63, 3.8) is 0 Å². The van der Waals surface area contributed by atoms with Gasteiger partial charge in [0.25, 0.3) is 0 Å². The molecule has 0 amide bonds. The van der Waals surface area contributed by atoms with Crippen LogP contribution in [0.1, 0.15) is 11.6 Å². The number of ether oxygens (including phenoxy) is 1. The van der Waals surface area contributed by atoms with Crippen LogP contribution < -0.4 is 5.73 Å². The van der Waals surface area contributed by atoms with E-state index in [1.807, 2.05) is 0 Å². The molecule has 0 bridgehead atoms. The molecule has 2 nitrogen and oxygen atoms in total. The van der Waals surface area contributed by atoms with Gasteiger partial charge in [0.1, 0.15) is 0 Å². The molecule has 0 aliphatic rings. The maximum atomic E-state index is 5.87. The largest absolute Gasteiger partial charge is 0.383 e. The van der Waals surface area contributed by atoms with E-state index in [1.165, 1.54) is 11.3 Å². The Morgan fingerprint density at radius 1 is 1.67 bits per heavy atom. The normalized spacial score (nSPS) is 13.3. The lowest BCUT2D eigenvalue weighted by Gasteiger charge is -2.08. The van der Waals surface area contributed by atoms with Crippen LogP contribution in [0, 0.1) is 0 Å². The van der Waals surface area contributed by atoms with Gasteiger partial charge in [-0.3, -0.25) is 0 Å². The first-order valence-electron chi connectivity index (χ1n) is 3.34. The van der Waals surface area contributed by atoms with E-state index in [9.17, 15) is 0 Å². The first-order chi connectivity index (χ1) is 5.65. The topological polar surface area (TPSA) is 35.2 Å². The number of hydrogen-bond acceptors (Lipinski definition) is 3. The molecule has 0 saturated heterocycles. The molecule has 1 aromatic rings. The molecule has 0 aromatic carbocycles. The van der Waals surface area contributed by atoms with Crippen LogP contribution in [0.25, 0.3) is 0 Å². The van der Waals surface area contributed by atoms with E-state index in [-0.39, 0.29) is 6.04 Å². The van der Waals surface area contributed by atoms with E-state index in [2.05, 4.69) is 0 Å². The third-order valence-electron chi connectivity index (χ3n) is 1.43. The number of hydrogen-bond donors (Lipinski definition) is 1. The Balaban J connectivity index is 2.79. The fraction of sp³-hybridized carbons (Fsp3) is 0.429. The number of halogens is 2. The van der Waals surface area contributed by atoms with Crippen molar-refractivity contribution < 1.29 is 4.74 Å². The van der Waals surface area contributed by atoms with Crippen LogP contribution in [0.15, 0.2) is 6.07 Å². The summed E-state index contributed by atoms with van der Waals surface area (Å²) in [7, 11) is 1.60. The van der Waals surface area contributed by atoms with Crippen LogP contribution in [0.3, 0.4) is 0 Å². The van der Waals surface area contributed by atoms with Gasteiger partial charge in [0.05, 0.1) is 21.3 Å². The van der Waals surface area contributed by atoms with Crippen molar-refractivity contribution >= 4 is 34.5 Å². The molecule has 68 valence electrons. The number of nitrogens with two attached hydrogens (primary N) is 1. The summed E-state index contributed by atoms with van der Waals surface area (Å²) in [6.45, 7) is 0.451.